The Kier molecular flexibility index (Phi) is 2.68. The summed E-state index contributed by atoms with van der Waals surface area (Å²) in [6.07, 6.45) is 1.33. The lowest BCUT2D eigenvalue weighted by atomic mass is 10.1. The van der Waals surface area contributed by atoms with Crippen molar-refractivity contribution in [2.75, 3.05) is 5.73 Å². The summed E-state index contributed by atoms with van der Waals surface area (Å²) in [7, 11) is 0. The van der Waals surface area contributed by atoms with Crippen LogP contribution in [0.2, 0.25) is 5.02 Å². The Bertz CT molecular complexity index is 780. The zero-order valence-electron chi connectivity index (χ0n) is 10.2. The molecule has 3 rings (SSSR count). The highest BCUT2D eigenvalue weighted by atomic mass is 35.5. The second kappa shape index (κ2) is 4.24. The molecule has 0 saturated heterocycles. The fourth-order valence-electron chi connectivity index (χ4n) is 2.13. The number of nitrogen functional groups attached to an aromatic ring is 1. The lowest BCUT2D eigenvalue weighted by Gasteiger charge is -2.04. The molecule has 0 aliphatic carbocycles. The topological polar surface area (TPSA) is 43.3 Å². The molecule has 0 spiro atoms. The molecule has 0 unspecified atom stereocenters. The number of halogens is 2. The Morgan fingerprint density at radius 2 is 2.05 bits per heavy atom. The van der Waals surface area contributed by atoms with Gasteiger partial charge >= 0.3 is 0 Å². The molecule has 3 nitrogen and oxygen atoms in total. The van der Waals surface area contributed by atoms with Crippen molar-refractivity contribution in [2.24, 2.45) is 0 Å². The predicted molar refractivity (Wildman–Crippen MR) is 74.7 cm³/mol. The van der Waals surface area contributed by atoms with Crippen LogP contribution in [0.15, 0.2) is 36.5 Å². The number of nitrogens with two attached hydrogens (primary N) is 1. The number of hydrogen-bond acceptors (Lipinski definition) is 2. The summed E-state index contributed by atoms with van der Waals surface area (Å²) >= 11 is 5.94. The van der Waals surface area contributed by atoms with Crippen LogP contribution in [0.4, 0.5) is 10.2 Å². The molecule has 5 heteroatoms. The largest absolute Gasteiger partial charge is 0.383 e. The van der Waals surface area contributed by atoms with Crippen molar-refractivity contribution in [3.63, 3.8) is 0 Å². The van der Waals surface area contributed by atoms with Gasteiger partial charge in [0.05, 0.1) is 0 Å². The Balaban J connectivity index is 2.28. The van der Waals surface area contributed by atoms with Gasteiger partial charge in [-0.2, -0.15) is 0 Å². The Morgan fingerprint density at radius 3 is 2.79 bits per heavy atom. The van der Waals surface area contributed by atoms with Gasteiger partial charge in [0.25, 0.3) is 0 Å². The van der Waals surface area contributed by atoms with E-state index in [1.54, 1.807) is 16.5 Å². The minimum Gasteiger partial charge on any atom is -0.383 e. The molecule has 0 amide bonds. The van der Waals surface area contributed by atoms with Gasteiger partial charge in [0, 0.05) is 16.8 Å². The first-order valence-corrected chi connectivity index (χ1v) is 6.13. The molecular weight excluding hydrogens is 265 g/mol. The number of aryl methyl sites for hydroxylation is 1. The number of hydrogen-bond donors (Lipinski definition) is 1. The highest BCUT2D eigenvalue weighted by Crippen LogP contribution is 2.30. The zero-order valence-corrected chi connectivity index (χ0v) is 10.9. The van der Waals surface area contributed by atoms with E-state index in [9.17, 15) is 4.39 Å². The van der Waals surface area contributed by atoms with E-state index in [4.69, 9.17) is 17.3 Å². The van der Waals surface area contributed by atoms with Crippen LogP contribution in [-0.2, 0) is 0 Å². The van der Waals surface area contributed by atoms with Crippen molar-refractivity contribution < 1.29 is 4.39 Å². The van der Waals surface area contributed by atoms with Crippen LogP contribution in [0, 0.1) is 12.7 Å². The van der Waals surface area contributed by atoms with E-state index in [2.05, 4.69) is 4.98 Å². The lowest BCUT2D eigenvalue weighted by Crippen LogP contribution is -1.95. The molecule has 0 atom stereocenters. The summed E-state index contributed by atoms with van der Waals surface area (Å²) in [5.41, 5.74) is 9.17. The molecule has 0 aliphatic rings. The van der Waals surface area contributed by atoms with Crippen LogP contribution >= 0.6 is 11.6 Å². The van der Waals surface area contributed by atoms with Gasteiger partial charge in [0.15, 0.2) is 0 Å². The van der Waals surface area contributed by atoms with Gasteiger partial charge in [-0.25, -0.2) is 9.37 Å². The van der Waals surface area contributed by atoms with Crippen molar-refractivity contribution in [1.29, 1.82) is 0 Å². The van der Waals surface area contributed by atoms with Gasteiger partial charge in [-0.05, 0) is 36.8 Å². The van der Waals surface area contributed by atoms with Gasteiger partial charge in [-0.15, -0.1) is 0 Å². The van der Waals surface area contributed by atoms with Gasteiger partial charge in [-0.1, -0.05) is 17.7 Å². The second-order valence-electron chi connectivity index (χ2n) is 4.38. The maximum atomic E-state index is 13.2. The highest BCUT2D eigenvalue weighted by molar-refractivity contribution is 6.30. The van der Waals surface area contributed by atoms with E-state index in [1.165, 1.54) is 12.3 Å². The Labute approximate surface area is 114 Å². The molecule has 0 aliphatic heterocycles. The molecule has 1 aromatic carbocycles. The minimum atomic E-state index is -0.351. The summed E-state index contributed by atoms with van der Waals surface area (Å²) in [5, 5.41) is 0.662. The van der Waals surface area contributed by atoms with Crippen LogP contribution in [0.25, 0.3) is 16.9 Å². The third-order valence-electron chi connectivity index (χ3n) is 3.06. The maximum absolute atomic E-state index is 13.2. The van der Waals surface area contributed by atoms with Gasteiger partial charge in [0.2, 0.25) is 0 Å². The number of aromatic nitrogens is 2. The zero-order chi connectivity index (χ0) is 13.6. The van der Waals surface area contributed by atoms with Crippen molar-refractivity contribution >= 4 is 23.1 Å². The summed E-state index contributed by atoms with van der Waals surface area (Å²) in [6.45, 7) is 1.94. The Hall–Kier alpha value is -2.07. The number of nitrogens with zero attached hydrogens (tertiary/aromatic N) is 2. The summed E-state index contributed by atoms with van der Waals surface area (Å²) < 4.78 is 14.8. The third-order valence-corrected chi connectivity index (χ3v) is 3.30. The first-order chi connectivity index (χ1) is 9.06. The SMILES string of the molecule is Cc1cc(Cl)ccc1-c1nc2ccc(F)cn2c1N. The van der Waals surface area contributed by atoms with E-state index >= 15 is 0 Å². The van der Waals surface area contributed by atoms with Gasteiger partial charge < -0.3 is 5.73 Å². The van der Waals surface area contributed by atoms with Crippen molar-refractivity contribution in [3.8, 4) is 11.3 Å². The normalized spacial score (nSPS) is 11.1. The minimum absolute atomic E-state index is 0.351. The molecule has 2 heterocycles. The summed E-state index contributed by atoms with van der Waals surface area (Å²) in [4.78, 5) is 4.44. The summed E-state index contributed by atoms with van der Waals surface area (Å²) in [6, 6.07) is 8.46. The molecule has 0 bridgehead atoms. The van der Waals surface area contributed by atoms with Crippen LogP contribution in [-0.4, -0.2) is 9.38 Å². The molecule has 3 aromatic rings. The lowest BCUT2D eigenvalue weighted by molar-refractivity contribution is 0.619. The number of imidazole rings is 1. The fourth-order valence-corrected chi connectivity index (χ4v) is 2.35. The first kappa shape index (κ1) is 12.0. The number of rotatable bonds is 1. The van der Waals surface area contributed by atoms with Gasteiger partial charge in [-0.3, -0.25) is 4.40 Å². The number of fused-ring (bicyclic) bond motifs is 1. The average molecular weight is 276 g/mol. The molecule has 0 saturated carbocycles. The van der Waals surface area contributed by atoms with Crippen LogP contribution in [0.3, 0.4) is 0 Å². The maximum Gasteiger partial charge on any atom is 0.140 e. The third kappa shape index (κ3) is 1.94. The van der Waals surface area contributed by atoms with E-state index in [-0.39, 0.29) is 5.82 Å². The average Bonchev–Trinajstić information content (AvgIpc) is 2.67. The van der Waals surface area contributed by atoms with Crippen molar-refractivity contribution in [1.82, 2.24) is 9.38 Å². The molecule has 2 aromatic heterocycles. The summed E-state index contributed by atoms with van der Waals surface area (Å²) in [5.74, 6) is 0.0656. The van der Waals surface area contributed by atoms with Crippen molar-refractivity contribution in [2.45, 2.75) is 6.92 Å². The van der Waals surface area contributed by atoms with Gasteiger partial charge in [0.1, 0.15) is 23.0 Å². The van der Waals surface area contributed by atoms with Crippen LogP contribution in [0.1, 0.15) is 5.56 Å². The smallest absolute Gasteiger partial charge is 0.140 e. The Morgan fingerprint density at radius 1 is 1.26 bits per heavy atom. The molecular formula is C14H11ClFN3. The molecule has 2 N–H and O–H groups in total. The molecule has 96 valence electrons. The number of benzene rings is 1. The molecule has 19 heavy (non-hydrogen) atoms. The van der Waals surface area contributed by atoms with E-state index < -0.39 is 0 Å². The van der Waals surface area contributed by atoms with Crippen LogP contribution in [0.5, 0.6) is 0 Å². The van der Waals surface area contributed by atoms with E-state index in [0.717, 1.165) is 11.1 Å². The number of anilines is 1. The van der Waals surface area contributed by atoms with E-state index in [0.29, 0.717) is 22.2 Å². The standard InChI is InChI=1S/C14H11ClFN3/c1-8-6-9(15)2-4-11(8)13-14(17)19-7-10(16)3-5-12(19)18-13/h2-7H,17H2,1H3. The second-order valence-corrected chi connectivity index (χ2v) is 4.82. The fraction of sp³-hybridized carbons (Fsp3) is 0.0714. The monoisotopic (exact) mass is 275 g/mol. The molecule has 0 radical (unpaired) electrons. The molecule has 0 fully saturated rings. The quantitative estimate of drug-likeness (QED) is 0.736. The number of pyridine rings is 1. The predicted octanol–water partition coefficient (Wildman–Crippen LogP) is 3.68. The van der Waals surface area contributed by atoms with Crippen LogP contribution < -0.4 is 5.73 Å². The van der Waals surface area contributed by atoms with E-state index in [1.807, 2.05) is 19.1 Å². The first-order valence-electron chi connectivity index (χ1n) is 5.76. The van der Waals surface area contributed by atoms with Crippen molar-refractivity contribution in [3.05, 3.63) is 52.9 Å². The highest BCUT2D eigenvalue weighted by Gasteiger charge is 2.13.